The molecule has 0 radical (unpaired) electrons. The van der Waals surface area contributed by atoms with E-state index in [1.165, 1.54) is 0 Å². The molecule has 0 aliphatic carbocycles. The van der Waals surface area contributed by atoms with Crippen LogP contribution >= 0.6 is 0 Å². The predicted octanol–water partition coefficient (Wildman–Crippen LogP) is 4.88. The van der Waals surface area contributed by atoms with Crippen molar-refractivity contribution in [3.63, 3.8) is 0 Å². The second kappa shape index (κ2) is 15.8. The molecule has 4 heterocycles. The van der Waals surface area contributed by atoms with Gasteiger partial charge in [-0.2, -0.15) is 28.1 Å². The van der Waals surface area contributed by atoms with Gasteiger partial charge in [-0.3, -0.25) is 4.79 Å². The first-order chi connectivity index (χ1) is 21.5. The average molecular weight is 631 g/mol. The molecule has 3 aliphatic rings. The van der Waals surface area contributed by atoms with Gasteiger partial charge in [-0.25, -0.2) is 4.79 Å². The van der Waals surface area contributed by atoms with Gasteiger partial charge in [-0.05, 0) is 75.1 Å². The van der Waals surface area contributed by atoms with E-state index in [9.17, 15) is 22.8 Å². The zero-order valence-electron chi connectivity index (χ0n) is 25.1. The van der Waals surface area contributed by atoms with E-state index in [2.05, 4.69) is 36.2 Å². The quantitative estimate of drug-likeness (QED) is 0.319. The minimum atomic E-state index is -4.58. The van der Waals surface area contributed by atoms with Gasteiger partial charge >= 0.3 is 18.2 Å². The molecule has 6 bridgehead atoms. The number of urea groups is 1. The number of hydrogen-bond donors (Lipinski definition) is 4. The van der Waals surface area contributed by atoms with Crippen molar-refractivity contribution in [1.29, 1.82) is 0 Å². The molecule has 0 fully saturated rings. The smallest absolute Gasteiger partial charge is 0.422 e. The summed E-state index contributed by atoms with van der Waals surface area (Å²) in [5.41, 5.74) is 1.76. The lowest BCUT2D eigenvalue weighted by molar-refractivity contribution is -0.154. The molecule has 1 aromatic heterocycles. The number of fused-ring (bicyclic) bond motifs is 2. The van der Waals surface area contributed by atoms with Crippen LogP contribution in [0, 0.1) is 0 Å². The Morgan fingerprint density at radius 1 is 0.978 bits per heavy atom. The Morgan fingerprint density at radius 3 is 2.42 bits per heavy atom. The number of amides is 3. The van der Waals surface area contributed by atoms with Crippen LogP contribution in [-0.4, -0.2) is 76.9 Å². The van der Waals surface area contributed by atoms with Crippen LogP contribution in [0.25, 0.3) is 0 Å². The lowest BCUT2D eigenvalue weighted by Crippen LogP contribution is -2.45. The number of rotatable bonds is 3. The Kier molecular flexibility index (Phi) is 11.6. The second-order valence-corrected chi connectivity index (χ2v) is 10.6. The summed E-state index contributed by atoms with van der Waals surface area (Å²) in [6.07, 6.45) is -2.26. The topological polar surface area (TPSA) is 143 Å². The number of nitrogens with zero attached hydrogens (tertiary/aromatic N) is 4. The molecule has 3 aliphatic heterocycles. The van der Waals surface area contributed by atoms with Crippen LogP contribution in [0.4, 0.5) is 35.5 Å². The van der Waals surface area contributed by atoms with Crippen molar-refractivity contribution < 1.29 is 32.2 Å². The van der Waals surface area contributed by atoms with Crippen molar-refractivity contribution in [3.05, 3.63) is 59.7 Å². The molecule has 3 amide bonds. The number of carbonyl (C=O) groups is 2. The fraction of sp³-hybridized carbons (Fsp3) is 0.433. The van der Waals surface area contributed by atoms with Crippen LogP contribution in [-0.2, 0) is 6.54 Å². The molecule has 0 unspecified atom stereocenters. The zero-order valence-corrected chi connectivity index (χ0v) is 25.1. The Hall–Kier alpha value is -4.82. The third kappa shape index (κ3) is 11.3. The largest absolute Gasteiger partial charge is 0.492 e. The maximum atomic E-state index is 12.8. The van der Waals surface area contributed by atoms with Crippen molar-refractivity contribution in [2.75, 3.05) is 43.5 Å². The van der Waals surface area contributed by atoms with E-state index in [4.69, 9.17) is 9.47 Å². The predicted molar refractivity (Wildman–Crippen MR) is 162 cm³/mol. The molecule has 2 aromatic carbocycles. The van der Waals surface area contributed by atoms with Crippen molar-refractivity contribution in [3.8, 4) is 11.8 Å². The molecule has 242 valence electrons. The summed E-state index contributed by atoms with van der Waals surface area (Å²) in [5.74, 6) is 0.312. The Labute approximate surface area is 259 Å². The number of ether oxygens (including phenoxy) is 2. The minimum Gasteiger partial charge on any atom is -0.492 e. The first kappa shape index (κ1) is 33.1. The standard InChI is InChI=1S/C30H37F3N8O4/c1-20(2)36-29(43)41-15-5-3-4-14-34-25(42)22-8-10-23(11-9-22)37-27-38-26(39-28(40-27)45-19-30(31,32)33)35-18-21-6-12-24(13-7-21)44-17-16-41/h6-13,20H,3-5,14-19H2,1-2H3,(H,34,42)(H,36,43)(H2,35,37,38,39,40). The van der Waals surface area contributed by atoms with Crippen LogP contribution in [0.15, 0.2) is 48.5 Å². The van der Waals surface area contributed by atoms with Crippen molar-refractivity contribution in [1.82, 2.24) is 30.5 Å². The van der Waals surface area contributed by atoms with Gasteiger partial charge in [0, 0.05) is 36.9 Å². The van der Waals surface area contributed by atoms with Crippen LogP contribution in [0.5, 0.6) is 11.8 Å². The third-order valence-corrected chi connectivity index (χ3v) is 6.48. The molecule has 0 saturated carbocycles. The molecule has 6 rings (SSSR count). The van der Waals surface area contributed by atoms with E-state index in [0.717, 1.165) is 24.8 Å². The highest BCUT2D eigenvalue weighted by atomic mass is 19.4. The van der Waals surface area contributed by atoms with Gasteiger partial charge in [0.2, 0.25) is 11.9 Å². The normalized spacial score (nSPS) is 15.2. The number of hydrogen-bond acceptors (Lipinski definition) is 9. The number of anilines is 3. The highest BCUT2D eigenvalue weighted by Crippen LogP contribution is 2.21. The van der Waals surface area contributed by atoms with Crippen molar-refractivity contribution in [2.24, 2.45) is 0 Å². The van der Waals surface area contributed by atoms with E-state index >= 15 is 0 Å². The van der Waals surface area contributed by atoms with Gasteiger partial charge in [0.1, 0.15) is 12.4 Å². The van der Waals surface area contributed by atoms with Crippen molar-refractivity contribution in [2.45, 2.75) is 51.9 Å². The molecule has 12 nitrogen and oxygen atoms in total. The number of benzene rings is 2. The number of aromatic nitrogens is 3. The molecular weight excluding hydrogens is 593 g/mol. The van der Waals surface area contributed by atoms with E-state index in [-0.39, 0.29) is 36.4 Å². The molecule has 0 spiro atoms. The summed E-state index contributed by atoms with van der Waals surface area (Å²) in [4.78, 5) is 39.3. The summed E-state index contributed by atoms with van der Waals surface area (Å²) in [6.45, 7) is 4.19. The molecule has 15 heteroatoms. The fourth-order valence-electron chi connectivity index (χ4n) is 4.26. The SMILES string of the molecule is CC(C)NC(=O)N1CCCCCNC(=O)c2ccc(cc2)Nc2nc(nc(OCC(F)(F)F)n2)NCc2ccc(cc2)OCC1. The number of carbonyl (C=O) groups excluding carboxylic acids is 2. The minimum absolute atomic E-state index is 0.00472. The molecular formula is C30H37F3N8O4. The maximum Gasteiger partial charge on any atom is 0.422 e. The van der Waals surface area contributed by atoms with Crippen LogP contribution in [0.1, 0.15) is 49.0 Å². The van der Waals surface area contributed by atoms with Gasteiger partial charge in [0.15, 0.2) is 6.61 Å². The zero-order chi connectivity index (χ0) is 32.2. The Bertz CT molecular complexity index is 1410. The summed E-state index contributed by atoms with van der Waals surface area (Å²) in [5, 5.41) is 11.7. The van der Waals surface area contributed by atoms with Gasteiger partial charge in [-0.1, -0.05) is 12.1 Å². The Morgan fingerprint density at radius 2 is 1.71 bits per heavy atom. The van der Waals surface area contributed by atoms with E-state index < -0.39 is 18.8 Å². The van der Waals surface area contributed by atoms with Crippen LogP contribution in [0.2, 0.25) is 0 Å². The monoisotopic (exact) mass is 630 g/mol. The van der Waals surface area contributed by atoms with Gasteiger partial charge in [-0.15, -0.1) is 0 Å². The molecule has 0 saturated heterocycles. The van der Waals surface area contributed by atoms with Gasteiger partial charge in [0.25, 0.3) is 5.91 Å². The molecule has 0 atom stereocenters. The summed E-state index contributed by atoms with van der Waals surface area (Å²) in [7, 11) is 0. The average Bonchev–Trinajstić information content (AvgIpc) is 2.99. The van der Waals surface area contributed by atoms with Gasteiger partial charge in [0.05, 0.1) is 6.54 Å². The molecule has 45 heavy (non-hydrogen) atoms. The number of alkyl halides is 3. The first-order valence-corrected chi connectivity index (χ1v) is 14.7. The second-order valence-electron chi connectivity index (χ2n) is 10.6. The number of halogens is 3. The summed E-state index contributed by atoms with van der Waals surface area (Å²) < 4.78 is 49.1. The maximum absolute atomic E-state index is 12.8. The van der Waals surface area contributed by atoms with E-state index in [0.29, 0.717) is 43.2 Å². The van der Waals surface area contributed by atoms with Crippen LogP contribution < -0.4 is 30.7 Å². The summed E-state index contributed by atoms with van der Waals surface area (Å²) in [6, 6.07) is 13.0. The van der Waals surface area contributed by atoms with E-state index in [1.807, 2.05) is 26.0 Å². The highest BCUT2D eigenvalue weighted by molar-refractivity contribution is 5.94. The highest BCUT2D eigenvalue weighted by Gasteiger charge is 2.29. The van der Waals surface area contributed by atoms with Gasteiger partial charge < -0.3 is 35.6 Å². The van der Waals surface area contributed by atoms with Crippen molar-refractivity contribution >= 4 is 29.5 Å². The Balaban J connectivity index is 1.52. The number of nitrogens with one attached hydrogen (secondary N) is 4. The third-order valence-electron chi connectivity index (χ3n) is 6.48. The lowest BCUT2D eigenvalue weighted by atomic mass is 10.2. The fourth-order valence-corrected chi connectivity index (χ4v) is 4.26. The van der Waals surface area contributed by atoms with E-state index in [1.54, 1.807) is 41.3 Å². The molecule has 4 N–H and O–H groups in total. The first-order valence-electron chi connectivity index (χ1n) is 14.7. The molecule has 3 aromatic rings. The summed E-state index contributed by atoms with van der Waals surface area (Å²) >= 11 is 0. The van der Waals surface area contributed by atoms with Crippen LogP contribution in [0.3, 0.4) is 0 Å². The lowest BCUT2D eigenvalue weighted by Gasteiger charge is -2.24.